The lowest BCUT2D eigenvalue weighted by molar-refractivity contribution is 0.465. The van der Waals surface area contributed by atoms with Gasteiger partial charge >= 0.3 is 0 Å². The molecule has 5 aromatic carbocycles. The van der Waals surface area contributed by atoms with Gasteiger partial charge in [0.2, 0.25) is 0 Å². The molecule has 0 spiro atoms. The molecule has 5 aromatic rings. The molecule has 8 rings (SSSR count). The maximum Gasteiger partial charge on any atom is 0.260 e. The maximum atomic E-state index is 6.73. The fourth-order valence-corrected chi connectivity index (χ4v) is 6.57. The Kier molecular flexibility index (Phi) is 3.96. The van der Waals surface area contributed by atoms with Crippen molar-refractivity contribution in [3.8, 4) is 23.0 Å². The molecule has 0 aliphatic carbocycles. The number of anilines is 3. The number of benzene rings is 5. The molecule has 35 heavy (non-hydrogen) atoms. The predicted octanol–water partition coefficient (Wildman–Crippen LogP) is 6.35. The summed E-state index contributed by atoms with van der Waals surface area (Å²) in [4.78, 5) is 4.79. The summed E-state index contributed by atoms with van der Waals surface area (Å²) in [6, 6.07) is 38.1. The summed E-state index contributed by atoms with van der Waals surface area (Å²) in [7, 11) is 0. The summed E-state index contributed by atoms with van der Waals surface area (Å²) in [5.41, 5.74) is 6.76. The van der Waals surface area contributed by atoms with Crippen LogP contribution < -0.4 is 30.8 Å². The lowest BCUT2D eigenvalue weighted by Crippen LogP contribution is -2.57. The van der Waals surface area contributed by atoms with Crippen molar-refractivity contribution in [2.45, 2.75) is 9.79 Å². The molecule has 0 N–H and O–H groups in total. The quantitative estimate of drug-likeness (QED) is 0.262. The average molecular weight is 467 g/mol. The van der Waals surface area contributed by atoms with Crippen LogP contribution in [0.4, 0.5) is 17.1 Å². The van der Waals surface area contributed by atoms with Crippen LogP contribution >= 0.6 is 11.8 Å². The number of para-hydroxylation sites is 4. The third-order valence-electron chi connectivity index (χ3n) is 6.99. The molecule has 3 heterocycles. The van der Waals surface area contributed by atoms with E-state index in [-0.39, 0.29) is 6.71 Å². The SMILES string of the molecule is c1ccc2c(c1)Oc1ccc(N3c4ccccc4Sc4ccccc43)c3c1B2c1ccccc1O3. The number of nitrogens with zero attached hydrogens (tertiary/aromatic N) is 1. The Hall–Kier alpha value is -4.09. The van der Waals surface area contributed by atoms with Crippen LogP contribution in [0.25, 0.3) is 0 Å². The van der Waals surface area contributed by atoms with Crippen molar-refractivity contribution in [3.05, 3.63) is 109 Å². The molecule has 0 unspecified atom stereocenters. The van der Waals surface area contributed by atoms with Gasteiger partial charge in [0.15, 0.2) is 0 Å². The summed E-state index contributed by atoms with van der Waals surface area (Å²) in [5, 5.41) is 0. The standard InChI is InChI=1S/C30H18BNO2S/c1-5-13-24-19(9-1)31-20-10-2-6-14-25(20)34-30-23(17-18-26(33-24)29(30)31)32-21-11-3-7-15-27(21)35-28-16-8-4-12-22(28)32/h1-18H. The zero-order chi connectivity index (χ0) is 22.9. The van der Waals surface area contributed by atoms with E-state index in [1.54, 1.807) is 0 Å². The van der Waals surface area contributed by atoms with Crippen molar-refractivity contribution in [2.75, 3.05) is 4.90 Å². The Bertz CT molecular complexity index is 1610. The molecule has 3 nitrogen and oxygen atoms in total. The topological polar surface area (TPSA) is 21.7 Å². The Morgan fingerprint density at radius 2 is 1.09 bits per heavy atom. The molecule has 0 amide bonds. The van der Waals surface area contributed by atoms with Crippen LogP contribution in [0.3, 0.4) is 0 Å². The van der Waals surface area contributed by atoms with Crippen LogP contribution in [0.1, 0.15) is 0 Å². The second-order valence-electron chi connectivity index (χ2n) is 8.91. The molecule has 0 saturated carbocycles. The summed E-state index contributed by atoms with van der Waals surface area (Å²) in [6.07, 6.45) is 0. The highest BCUT2D eigenvalue weighted by Crippen LogP contribution is 2.54. The lowest BCUT2D eigenvalue weighted by atomic mass is 9.35. The van der Waals surface area contributed by atoms with Crippen LogP contribution in [-0.2, 0) is 0 Å². The Morgan fingerprint density at radius 1 is 0.514 bits per heavy atom. The van der Waals surface area contributed by atoms with E-state index in [1.807, 2.05) is 23.9 Å². The molecule has 164 valence electrons. The molecular weight excluding hydrogens is 449 g/mol. The van der Waals surface area contributed by atoms with Crippen molar-refractivity contribution in [1.82, 2.24) is 0 Å². The molecule has 0 fully saturated rings. The molecule has 3 aliphatic rings. The minimum Gasteiger partial charge on any atom is -0.458 e. The second-order valence-corrected chi connectivity index (χ2v) is 10.00. The van der Waals surface area contributed by atoms with Gasteiger partial charge in [-0.1, -0.05) is 72.4 Å². The zero-order valence-corrected chi connectivity index (χ0v) is 19.5. The van der Waals surface area contributed by atoms with Gasteiger partial charge in [0.05, 0.1) is 17.1 Å². The van der Waals surface area contributed by atoms with Crippen LogP contribution in [-0.4, -0.2) is 6.71 Å². The fraction of sp³-hybridized carbons (Fsp3) is 0. The van der Waals surface area contributed by atoms with E-state index in [2.05, 4.69) is 102 Å². The Balaban J connectivity index is 1.42. The van der Waals surface area contributed by atoms with Crippen molar-refractivity contribution < 1.29 is 9.47 Å². The van der Waals surface area contributed by atoms with Crippen LogP contribution in [0.5, 0.6) is 23.0 Å². The van der Waals surface area contributed by atoms with E-state index in [0.717, 1.165) is 45.5 Å². The minimum atomic E-state index is 0.0551. The molecule has 3 aliphatic heterocycles. The van der Waals surface area contributed by atoms with E-state index in [9.17, 15) is 0 Å². The second kappa shape index (κ2) is 7.21. The largest absolute Gasteiger partial charge is 0.458 e. The van der Waals surface area contributed by atoms with Crippen molar-refractivity contribution in [1.29, 1.82) is 0 Å². The monoisotopic (exact) mass is 467 g/mol. The zero-order valence-electron chi connectivity index (χ0n) is 18.6. The summed E-state index contributed by atoms with van der Waals surface area (Å²) >= 11 is 1.81. The van der Waals surface area contributed by atoms with Gasteiger partial charge in [-0.3, -0.25) is 0 Å². The van der Waals surface area contributed by atoms with Crippen LogP contribution in [0.2, 0.25) is 0 Å². The van der Waals surface area contributed by atoms with E-state index >= 15 is 0 Å². The summed E-state index contributed by atoms with van der Waals surface area (Å²) in [5.74, 6) is 3.52. The molecular formula is C30H18BNO2S. The highest BCUT2D eigenvalue weighted by atomic mass is 32.2. The lowest BCUT2D eigenvalue weighted by Gasteiger charge is -2.38. The number of hydrogen-bond acceptors (Lipinski definition) is 4. The maximum absolute atomic E-state index is 6.73. The normalized spacial score (nSPS) is 13.9. The Morgan fingerprint density at radius 3 is 1.77 bits per heavy atom. The minimum absolute atomic E-state index is 0.0551. The summed E-state index contributed by atoms with van der Waals surface area (Å²) < 4.78 is 13.1. The average Bonchev–Trinajstić information content (AvgIpc) is 2.92. The van der Waals surface area contributed by atoms with Gasteiger partial charge in [-0.15, -0.1) is 0 Å². The highest BCUT2D eigenvalue weighted by Gasteiger charge is 2.42. The molecule has 0 radical (unpaired) electrons. The first-order valence-electron chi connectivity index (χ1n) is 11.7. The van der Waals surface area contributed by atoms with Crippen LogP contribution in [0, 0.1) is 0 Å². The van der Waals surface area contributed by atoms with Crippen molar-refractivity contribution >= 4 is 51.9 Å². The van der Waals surface area contributed by atoms with Gasteiger partial charge < -0.3 is 14.4 Å². The van der Waals surface area contributed by atoms with Crippen LogP contribution in [0.15, 0.2) is 119 Å². The fourth-order valence-electron chi connectivity index (χ4n) is 5.51. The molecule has 5 heteroatoms. The van der Waals surface area contributed by atoms with Gasteiger partial charge in [-0.2, -0.15) is 0 Å². The molecule has 0 atom stereocenters. The molecule has 0 aromatic heterocycles. The Labute approximate surface area is 208 Å². The number of rotatable bonds is 1. The van der Waals surface area contributed by atoms with E-state index in [0.29, 0.717) is 0 Å². The first kappa shape index (κ1) is 19.2. The third-order valence-corrected chi connectivity index (χ3v) is 8.12. The van der Waals surface area contributed by atoms with Gasteiger partial charge in [0.25, 0.3) is 6.71 Å². The highest BCUT2D eigenvalue weighted by molar-refractivity contribution is 7.99. The number of ether oxygens (including phenoxy) is 2. The number of hydrogen-bond donors (Lipinski definition) is 0. The predicted molar refractivity (Wildman–Crippen MR) is 143 cm³/mol. The molecule has 0 saturated heterocycles. The smallest absolute Gasteiger partial charge is 0.260 e. The van der Waals surface area contributed by atoms with Gasteiger partial charge in [0.1, 0.15) is 23.0 Å². The van der Waals surface area contributed by atoms with E-state index in [4.69, 9.17) is 9.47 Å². The third kappa shape index (κ3) is 2.70. The summed E-state index contributed by atoms with van der Waals surface area (Å²) in [6.45, 7) is 0.0551. The van der Waals surface area contributed by atoms with Gasteiger partial charge in [0, 0.05) is 15.3 Å². The van der Waals surface area contributed by atoms with Crippen molar-refractivity contribution in [3.63, 3.8) is 0 Å². The first-order chi connectivity index (χ1) is 17.4. The molecule has 0 bridgehead atoms. The van der Waals surface area contributed by atoms with Gasteiger partial charge in [-0.05, 0) is 59.5 Å². The first-order valence-corrected chi connectivity index (χ1v) is 12.5. The van der Waals surface area contributed by atoms with Crippen molar-refractivity contribution in [2.24, 2.45) is 0 Å². The van der Waals surface area contributed by atoms with E-state index in [1.165, 1.54) is 20.7 Å². The number of fused-ring (bicyclic) bond motifs is 6. The van der Waals surface area contributed by atoms with E-state index < -0.39 is 0 Å². The van der Waals surface area contributed by atoms with Gasteiger partial charge in [-0.25, -0.2) is 0 Å².